The van der Waals surface area contributed by atoms with Gasteiger partial charge in [0.05, 0.1) is 23.3 Å². The normalized spacial score (nSPS) is 16.4. The van der Waals surface area contributed by atoms with Crippen LogP contribution >= 0.6 is 36.2 Å². The molecule has 2 rings (SSSR count). The molecule has 0 saturated heterocycles. The largest absolute Gasteiger partial charge is 0.339 e. The monoisotopic (exact) mass is 325 g/mol. The summed E-state index contributed by atoms with van der Waals surface area (Å²) in [6.45, 7) is 2.59. The average molecular weight is 326 g/mol. The number of hydrogen-bond donors (Lipinski definition) is 1. The Morgan fingerprint density at radius 3 is 2.53 bits per heavy atom. The fourth-order valence-electron chi connectivity index (χ4n) is 2.37. The molecule has 0 aromatic carbocycles. The van der Waals surface area contributed by atoms with E-state index in [-0.39, 0.29) is 30.7 Å². The third-order valence-corrected chi connectivity index (χ3v) is 4.41. The minimum absolute atomic E-state index is 0. The van der Waals surface area contributed by atoms with Gasteiger partial charge >= 0.3 is 0 Å². The fourth-order valence-corrected chi connectivity index (χ4v) is 3.19. The Labute approximate surface area is 130 Å². The van der Waals surface area contributed by atoms with Crippen molar-refractivity contribution in [1.29, 1.82) is 0 Å². The first kappa shape index (κ1) is 18.6. The zero-order valence-electron chi connectivity index (χ0n) is 11.2. The summed E-state index contributed by atoms with van der Waals surface area (Å²) in [7, 11) is 1.83. The molecule has 1 amide bonds. The molecule has 0 spiro atoms. The molecule has 1 aliphatic rings. The number of hydrogen-bond acceptors (Lipinski definition) is 4. The van der Waals surface area contributed by atoms with Gasteiger partial charge in [-0.2, -0.15) is 0 Å². The lowest BCUT2D eigenvalue weighted by Crippen LogP contribution is -2.52. The summed E-state index contributed by atoms with van der Waals surface area (Å²) in [5, 5.41) is 0. The number of halogens is 2. The third-order valence-electron chi connectivity index (χ3n) is 3.49. The molecule has 0 unspecified atom stereocenters. The van der Waals surface area contributed by atoms with Crippen molar-refractivity contribution in [2.75, 3.05) is 7.05 Å². The van der Waals surface area contributed by atoms with Crippen molar-refractivity contribution in [3.05, 3.63) is 16.1 Å². The van der Waals surface area contributed by atoms with E-state index in [0.717, 1.165) is 36.3 Å². The van der Waals surface area contributed by atoms with Gasteiger partial charge < -0.3 is 10.6 Å². The first-order valence-electron chi connectivity index (χ1n) is 5.96. The maximum Gasteiger partial charge on any atom is 0.242 e. The van der Waals surface area contributed by atoms with Crippen molar-refractivity contribution in [1.82, 2.24) is 9.88 Å². The zero-order chi connectivity index (χ0) is 12.5. The summed E-state index contributed by atoms with van der Waals surface area (Å²) in [5.41, 5.74) is 8.37. The van der Waals surface area contributed by atoms with E-state index in [1.807, 2.05) is 19.5 Å². The van der Waals surface area contributed by atoms with Crippen molar-refractivity contribution < 1.29 is 4.79 Å². The molecule has 1 aromatic heterocycles. The van der Waals surface area contributed by atoms with Crippen molar-refractivity contribution in [3.63, 3.8) is 0 Å². The lowest BCUT2D eigenvalue weighted by Gasteiger charge is -2.28. The summed E-state index contributed by atoms with van der Waals surface area (Å²) in [6.07, 6.45) is 3.76. The molecule has 0 aliphatic heterocycles. The van der Waals surface area contributed by atoms with Crippen LogP contribution in [-0.4, -0.2) is 28.4 Å². The first-order valence-corrected chi connectivity index (χ1v) is 6.84. The molecule has 4 nitrogen and oxygen atoms in total. The number of nitrogens with two attached hydrogens (primary N) is 1. The van der Waals surface area contributed by atoms with Crippen LogP contribution < -0.4 is 5.73 Å². The van der Waals surface area contributed by atoms with Crippen molar-refractivity contribution in [2.24, 2.45) is 5.73 Å². The van der Waals surface area contributed by atoms with Crippen LogP contribution in [0.15, 0.2) is 5.51 Å². The highest BCUT2D eigenvalue weighted by Gasteiger charge is 2.38. The summed E-state index contributed by atoms with van der Waals surface area (Å²) in [5.74, 6) is 0.0720. The van der Waals surface area contributed by atoms with Crippen molar-refractivity contribution in [3.8, 4) is 0 Å². The number of carbonyl (C=O) groups is 1. The van der Waals surface area contributed by atoms with Gasteiger partial charge in [-0.05, 0) is 19.8 Å². The summed E-state index contributed by atoms with van der Waals surface area (Å²) in [4.78, 5) is 19.4. The van der Waals surface area contributed by atoms with Gasteiger partial charge in [0.1, 0.15) is 0 Å². The number of likely N-dealkylation sites (N-methyl/N-ethyl adjacent to an activating group) is 1. The highest BCUT2D eigenvalue weighted by Crippen LogP contribution is 2.29. The molecular weight excluding hydrogens is 305 g/mol. The maximum atomic E-state index is 12.3. The number of thiazole rings is 1. The molecule has 2 N–H and O–H groups in total. The van der Waals surface area contributed by atoms with E-state index in [1.165, 1.54) is 0 Å². The molecule has 1 heterocycles. The van der Waals surface area contributed by atoms with Crippen LogP contribution in [0.2, 0.25) is 0 Å². The molecule has 1 aliphatic carbocycles. The smallest absolute Gasteiger partial charge is 0.242 e. The van der Waals surface area contributed by atoms with Gasteiger partial charge in [0.25, 0.3) is 0 Å². The Morgan fingerprint density at radius 2 is 2.05 bits per heavy atom. The van der Waals surface area contributed by atoms with Gasteiger partial charge in [0, 0.05) is 11.9 Å². The SMILES string of the molecule is Cc1ncsc1CN(C)C(=O)C1(N)CCCC1.Cl.Cl. The fraction of sp³-hybridized carbons (Fsp3) is 0.667. The van der Waals surface area contributed by atoms with E-state index in [9.17, 15) is 4.79 Å². The molecule has 7 heteroatoms. The predicted octanol–water partition coefficient (Wildman–Crippen LogP) is 2.53. The van der Waals surface area contributed by atoms with Crippen LogP contribution in [0, 0.1) is 6.92 Å². The number of nitrogens with zero attached hydrogens (tertiary/aromatic N) is 2. The van der Waals surface area contributed by atoms with Gasteiger partial charge in [-0.3, -0.25) is 4.79 Å². The Kier molecular flexibility index (Phi) is 7.29. The highest BCUT2D eigenvalue weighted by atomic mass is 35.5. The second kappa shape index (κ2) is 7.43. The lowest BCUT2D eigenvalue weighted by atomic mass is 9.97. The predicted molar refractivity (Wildman–Crippen MR) is 83.2 cm³/mol. The summed E-state index contributed by atoms with van der Waals surface area (Å²) in [6, 6.07) is 0. The minimum Gasteiger partial charge on any atom is -0.339 e. The van der Waals surface area contributed by atoms with Crippen LogP contribution in [0.25, 0.3) is 0 Å². The number of amides is 1. The number of rotatable bonds is 3. The quantitative estimate of drug-likeness (QED) is 0.928. The molecule has 0 atom stereocenters. The van der Waals surface area contributed by atoms with Crippen LogP contribution in [0.1, 0.15) is 36.3 Å². The number of aromatic nitrogens is 1. The van der Waals surface area contributed by atoms with Crippen LogP contribution in [0.3, 0.4) is 0 Å². The second-order valence-corrected chi connectivity index (χ2v) is 5.82. The molecule has 1 aromatic rings. The van der Waals surface area contributed by atoms with E-state index >= 15 is 0 Å². The van der Waals surface area contributed by atoms with E-state index in [0.29, 0.717) is 6.54 Å². The van der Waals surface area contributed by atoms with E-state index in [2.05, 4.69) is 4.98 Å². The first-order chi connectivity index (χ1) is 8.03. The average Bonchev–Trinajstić information content (AvgIpc) is 2.89. The third kappa shape index (κ3) is 4.05. The molecule has 19 heavy (non-hydrogen) atoms. The number of aryl methyl sites for hydroxylation is 1. The molecule has 1 fully saturated rings. The summed E-state index contributed by atoms with van der Waals surface area (Å²) >= 11 is 1.59. The van der Waals surface area contributed by atoms with Gasteiger partial charge in [-0.1, -0.05) is 12.8 Å². The number of carbonyl (C=O) groups excluding carboxylic acids is 1. The van der Waals surface area contributed by atoms with Crippen molar-refractivity contribution >= 4 is 42.1 Å². The highest BCUT2D eigenvalue weighted by molar-refractivity contribution is 7.09. The van der Waals surface area contributed by atoms with E-state index in [1.54, 1.807) is 16.2 Å². The van der Waals surface area contributed by atoms with Gasteiger partial charge in [-0.25, -0.2) is 4.98 Å². The molecular formula is C12H21Cl2N3OS. The standard InChI is InChI=1S/C12H19N3OS.2ClH/c1-9-10(17-8-14-9)7-15(2)11(16)12(13)5-3-4-6-12;;/h8H,3-7,13H2,1-2H3;2*1H. The van der Waals surface area contributed by atoms with Crippen LogP contribution in [0.5, 0.6) is 0 Å². The molecule has 110 valence electrons. The Morgan fingerprint density at radius 1 is 1.47 bits per heavy atom. The molecule has 1 saturated carbocycles. The van der Waals surface area contributed by atoms with Crippen LogP contribution in [-0.2, 0) is 11.3 Å². The topological polar surface area (TPSA) is 59.2 Å². The van der Waals surface area contributed by atoms with Crippen LogP contribution in [0.4, 0.5) is 0 Å². The Balaban J connectivity index is 0.00000162. The second-order valence-electron chi connectivity index (χ2n) is 4.89. The van der Waals surface area contributed by atoms with Gasteiger partial charge in [0.2, 0.25) is 5.91 Å². The van der Waals surface area contributed by atoms with Crippen molar-refractivity contribution in [2.45, 2.75) is 44.7 Å². The van der Waals surface area contributed by atoms with Gasteiger partial charge in [-0.15, -0.1) is 36.2 Å². The Bertz CT molecular complexity index is 419. The van der Waals surface area contributed by atoms with Gasteiger partial charge in [0.15, 0.2) is 0 Å². The lowest BCUT2D eigenvalue weighted by molar-refractivity contribution is -0.136. The van der Waals surface area contributed by atoms with E-state index < -0.39 is 5.54 Å². The minimum atomic E-state index is -0.618. The summed E-state index contributed by atoms with van der Waals surface area (Å²) < 4.78 is 0. The molecule has 0 radical (unpaired) electrons. The van der Waals surface area contributed by atoms with E-state index in [4.69, 9.17) is 5.73 Å². The zero-order valence-corrected chi connectivity index (χ0v) is 13.7. The molecule has 0 bridgehead atoms. The Hall–Kier alpha value is -0.360. The maximum absolute atomic E-state index is 12.3.